The predicted octanol–water partition coefficient (Wildman–Crippen LogP) is 4.44. The van der Waals surface area contributed by atoms with Gasteiger partial charge in [-0.1, -0.05) is 0 Å². The van der Waals surface area contributed by atoms with Crippen LogP contribution in [0.3, 0.4) is 0 Å². The number of carbonyl (C=O) groups is 1. The molecule has 144 valence electrons. The van der Waals surface area contributed by atoms with Gasteiger partial charge in [-0.2, -0.15) is 0 Å². The summed E-state index contributed by atoms with van der Waals surface area (Å²) in [6.45, 7) is 0.664. The molecule has 27 heavy (non-hydrogen) atoms. The quantitative estimate of drug-likeness (QED) is 0.681. The van der Waals surface area contributed by atoms with Crippen LogP contribution in [-0.4, -0.2) is 37.3 Å². The van der Waals surface area contributed by atoms with E-state index in [9.17, 15) is 13.6 Å². The standard InChI is InChI=1S/C20H21F2NO3S/c1-25-13-5-7-15(19(10-13)26-2)18-4-3-9-23(18)20(24)12-27-14-6-8-16(21)17(22)11-14/h5-8,10-11,18H,3-4,9,12H2,1-2H3/t18-/m1/s1. The van der Waals surface area contributed by atoms with Gasteiger partial charge in [-0.25, -0.2) is 8.78 Å². The van der Waals surface area contributed by atoms with Crippen molar-refractivity contribution < 1.29 is 23.0 Å². The van der Waals surface area contributed by atoms with Crippen LogP contribution in [0.15, 0.2) is 41.3 Å². The Morgan fingerprint density at radius 1 is 1.15 bits per heavy atom. The lowest BCUT2D eigenvalue weighted by Gasteiger charge is -2.26. The lowest BCUT2D eigenvalue weighted by atomic mass is 10.0. The first-order valence-electron chi connectivity index (χ1n) is 8.62. The Morgan fingerprint density at radius 3 is 2.67 bits per heavy atom. The van der Waals surface area contributed by atoms with Crippen molar-refractivity contribution in [3.63, 3.8) is 0 Å². The SMILES string of the molecule is COc1ccc([C@H]2CCCN2C(=O)CSc2ccc(F)c(F)c2)c(OC)c1. The number of benzene rings is 2. The maximum Gasteiger partial charge on any atom is 0.233 e. The largest absolute Gasteiger partial charge is 0.497 e. The van der Waals surface area contributed by atoms with Crippen LogP contribution in [0.2, 0.25) is 0 Å². The second-order valence-corrected chi connectivity index (χ2v) is 7.27. The summed E-state index contributed by atoms with van der Waals surface area (Å²) in [5, 5.41) is 0. The van der Waals surface area contributed by atoms with E-state index in [1.807, 2.05) is 23.1 Å². The summed E-state index contributed by atoms with van der Waals surface area (Å²) >= 11 is 1.20. The minimum atomic E-state index is -0.908. The van der Waals surface area contributed by atoms with Crippen molar-refractivity contribution in [2.75, 3.05) is 26.5 Å². The van der Waals surface area contributed by atoms with Crippen molar-refractivity contribution in [2.45, 2.75) is 23.8 Å². The molecule has 4 nitrogen and oxygen atoms in total. The number of hydrogen-bond acceptors (Lipinski definition) is 4. The number of carbonyl (C=O) groups excluding carboxylic acids is 1. The molecule has 1 aliphatic heterocycles. The Labute approximate surface area is 161 Å². The van der Waals surface area contributed by atoms with E-state index in [0.717, 1.165) is 30.5 Å². The molecule has 1 saturated heterocycles. The number of halogens is 2. The molecule has 1 atom stereocenters. The number of ether oxygens (including phenoxy) is 2. The zero-order valence-electron chi connectivity index (χ0n) is 15.2. The van der Waals surface area contributed by atoms with Crippen molar-refractivity contribution in [1.29, 1.82) is 0 Å². The molecule has 2 aromatic rings. The first-order valence-corrected chi connectivity index (χ1v) is 9.61. The minimum Gasteiger partial charge on any atom is -0.497 e. The second-order valence-electron chi connectivity index (χ2n) is 6.22. The Morgan fingerprint density at radius 2 is 1.96 bits per heavy atom. The number of likely N-dealkylation sites (tertiary alicyclic amines) is 1. The zero-order chi connectivity index (χ0) is 19.4. The average molecular weight is 393 g/mol. The van der Waals surface area contributed by atoms with Crippen LogP contribution < -0.4 is 9.47 Å². The number of nitrogens with zero attached hydrogens (tertiary/aromatic N) is 1. The van der Waals surface area contributed by atoms with Crippen LogP contribution in [0.4, 0.5) is 8.78 Å². The van der Waals surface area contributed by atoms with Gasteiger partial charge in [-0.15, -0.1) is 11.8 Å². The van der Waals surface area contributed by atoms with Crippen molar-refractivity contribution in [2.24, 2.45) is 0 Å². The van der Waals surface area contributed by atoms with Crippen LogP contribution in [0, 0.1) is 11.6 Å². The van der Waals surface area contributed by atoms with Crippen molar-refractivity contribution in [1.82, 2.24) is 4.90 Å². The molecule has 3 rings (SSSR count). The van der Waals surface area contributed by atoms with Gasteiger partial charge in [0.25, 0.3) is 0 Å². The van der Waals surface area contributed by atoms with Gasteiger partial charge < -0.3 is 14.4 Å². The average Bonchev–Trinajstić information content (AvgIpc) is 3.17. The van der Waals surface area contributed by atoms with Gasteiger partial charge in [0, 0.05) is 23.1 Å². The van der Waals surface area contributed by atoms with E-state index in [4.69, 9.17) is 9.47 Å². The molecule has 1 heterocycles. The zero-order valence-corrected chi connectivity index (χ0v) is 16.0. The third kappa shape index (κ3) is 4.35. The molecule has 2 aromatic carbocycles. The van der Waals surface area contributed by atoms with Crippen LogP contribution in [-0.2, 0) is 4.79 Å². The van der Waals surface area contributed by atoms with Crippen LogP contribution >= 0.6 is 11.8 Å². The lowest BCUT2D eigenvalue weighted by molar-refractivity contribution is -0.129. The minimum absolute atomic E-state index is 0.0369. The number of thioether (sulfide) groups is 1. The van der Waals surface area contributed by atoms with Gasteiger partial charge in [0.15, 0.2) is 11.6 Å². The summed E-state index contributed by atoms with van der Waals surface area (Å²) in [5.74, 6) is -0.288. The van der Waals surface area contributed by atoms with E-state index in [1.54, 1.807) is 14.2 Å². The molecule has 0 bridgehead atoms. The highest BCUT2D eigenvalue weighted by atomic mass is 32.2. The van der Waals surface area contributed by atoms with Gasteiger partial charge in [-0.3, -0.25) is 4.79 Å². The molecule has 0 unspecified atom stereocenters. The van der Waals surface area contributed by atoms with Gasteiger partial charge in [0.1, 0.15) is 11.5 Å². The summed E-state index contributed by atoms with van der Waals surface area (Å²) in [4.78, 5) is 15.1. The second kappa shape index (κ2) is 8.61. The first kappa shape index (κ1) is 19.5. The van der Waals surface area contributed by atoms with E-state index in [2.05, 4.69) is 0 Å². The van der Waals surface area contributed by atoms with Crippen molar-refractivity contribution in [3.8, 4) is 11.5 Å². The van der Waals surface area contributed by atoms with E-state index in [1.165, 1.54) is 17.8 Å². The lowest BCUT2D eigenvalue weighted by Crippen LogP contribution is -2.32. The van der Waals surface area contributed by atoms with Crippen molar-refractivity contribution >= 4 is 17.7 Å². The molecule has 0 aromatic heterocycles. The molecule has 7 heteroatoms. The van der Waals surface area contributed by atoms with Crippen LogP contribution in [0.5, 0.6) is 11.5 Å². The third-order valence-corrected chi connectivity index (χ3v) is 5.60. The molecule has 0 N–H and O–H groups in total. The van der Waals surface area contributed by atoms with E-state index >= 15 is 0 Å². The molecule has 0 radical (unpaired) electrons. The predicted molar refractivity (Wildman–Crippen MR) is 100 cm³/mol. The molecule has 1 aliphatic rings. The first-order chi connectivity index (χ1) is 13.0. The summed E-state index contributed by atoms with van der Waals surface area (Å²) in [7, 11) is 3.19. The highest BCUT2D eigenvalue weighted by Gasteiger charge is 2.31. The molecule has 1 fully saturated rings. The molecular formula is C20H21F2NO3S. The Balaban J connectivity index is 1.72. The number of methoxy groups -OCH3 is 2. The summed E-state index contributed by atoms with van der Waals surface area (Å²) in [5.41, 5.74) is 0.946. The Bertz CT molecular complexity index is 831. The third-order valence-electron chi connectivity index (χ3n) is 4.63. The topological polar surface area (TPSA) is 38.8 Å². The van der Waals surface area contributed by atoms with E-state index < -0.39 is 11.6 Å². The molecule has 0 spiro atoms. The fourth-order valence-corrected chi connectivity index (χ4v) is 4.08. The Hall–Kier alpha value is -2.28. The number of rotatable bonds is 6. The highest BCUT2D eigenvalue weighted by Crippen LogP contribution is 2.39. The Kier molecular flexibility index (Phi) is 6.21. The molecule has 1 amide bonds. The summed E-state index contributed by atoms with van der Waals surface area (Å²) in [6.07, 6.45) is 1.76. The normalized spacial score (nSPS) is 16.4. The van der Waals surface area contributed by atoms with E-state index in [0.29, 0.717) is 22.9 Å². The smallest absolute Gasteiger partial charge is 0.233 e. The molecule has 0 aliphatic carbocycles. The van der Waals surface area contributed by atoms with Gasteiger partial charge in [0.05, 0.1) is 26.0 Å². The summed E-state index contributed by atoms with van der Waals surface area (Å²) < 4.78 is 37.1. The maximum atomic E-state index is 13.3. The molecular weight excluding hydrogens is 372 g/mol. The van der Waals surface area contributed by atoms with Crippen LogP contribution in [0.1, 0.15) is 24.4 Å². The van der Waals surface area contributed by atoms with Gasteiger partial charge >= 0.3 is 0 Å². The maximum absolute atomic E-state index is 13.3. The van der Waals surface area contributed by atoms with Crippen LogP contribution in [0.25, 0.3) is 0 Å². The number of hydrogen-bond donors (Lipinski definition) is 0. The fourth-order valence-electron chi connectivity index (χ4n) is 3.28. The van der Waals surface area contributed by atoms with Gasteiger partial charge in [0.2, 0.25) is 5.91 Å². The fraction of sp³-hybridized carbons (Fsp3) is 0.350. The van der Waals surface area contributed by atoms with Gasteiger partial charge in [-0.05, 0) is 43.2 Å². The van der Waals surface area contributed by atoms with E-state index in [-0.39, 0.29) is 17.7 Å². The van der Waals surface area contributed by atoms with Crippen molar-refractivity contribution in [3.05, 3.63) is 53.6 Å². The summed E-state index contributed by atoms with van der Waals surface area (Å²) in [6, 6.07) is 9.19. The highest BCUT2D eigenvalue weighted by molar-refractivity contribution is 8.00. The monoisotopic (exact) mass is 393 g/mol. The molecule has 0 saturated carbocycles. The number of amides is 1.